The van der Waals surface area contributed by atoms with Crippen LogP contribution in [0.25, 0.3) is 0 Å². The summed E-state index contributed by atoms with van der Waals surface area (Å²) in [5, 5.41) is 23.2. The van der Waals surface area contributed by atoms with Gasteiger partial charge in [0.05, 0.1) is 18.5 Å². The molecule has 0 aromatic rings. The molecule has 0 heterocycles. The zero-order valence-corrected chi connectivity index (χ0v) is 6.98. The van der Waals surface area contributed by atoms with Gasteiger partial charge in [0.2, 0.25) is 0 Å². The number of hydrogen-bond donors (Lipinski definition) is 3. The van der Waals surface area contributed by atoms with Crippen molar-refractivity contribution in [1.82, 2.24) is 0 Å². The lowest BCUT2D eigenvalue weighted by Crippen LogP contribution is -2.21. The second-order valence-electron chi connectivity index (χ2n) is 1.87. The summed E-state index contributed by atoms with van der Waals surface area (Å²) in [5.41, 5.74) is 0. The highest BCUT2D eigenvalue weighted by molar-refractivity contribution is 7.96. The summed E-state index contributed by atoms with van der Waals surface area (Å²) in [6.45, 7) is 0. The van der Waals surface area contributed by atoms with Gasteiger partial charge in [-0.15, -0.1) is 0 Å². The molecule has 13 heavy (non-hydrogen) atoms. The summed E-state index contributed by atoms with van der Waals surface area (Å²) >= 11 is 0.0862. The van der Waals surface area contributed by atoms with E-state index in [1.165, 1.54) is 0 Å². The predicted molar refractivity (Wildman–Crippen MR) is 40.4 cm³/mol. The number of carboxylic acid groups (broad SMARTS) is 3. The van der Waals surface area contributed by atoms with Crippen molar-refractivity contribution in [2.45, 2.75) is 11.7 Å². The molecule has 0 rings (SSSR count). The van der Waals surface area contributed by atoms with Crippen LogP contribution in [0.3, 0.4) is 0 Å². The van der Waals surface area contributed by atoms with Crippen LogP contribution in [0.2, 0.25) is 0 Å². The van der Waals surface area contributed by atoms with E-state index in [2.05, 4.69) is 4.18 Å². The smallest absolute Gasteiger partial charge is 0.481 e. The molecule has 0 fully saturated rings. The molecule has 1 unspecified atom stereocenters. The average Bonchev–Trinajstić information content (AvgIpc) is 1.96. The van der Waals surface area contributed by atoms with Gasteiger partial charge in [-0.05, 0) is 0 Å². The Bertz CT molecular complexity index is 225. The first-order valence-electron chi connectivity index (χ1n) is 2.94. The van der Waals surface area contributed by atoms with Crippen molar-refractivity contribution in [3.8, 4) is 0 Å². The largest absolute Gasteiger partial charge is 0.518 e. The molecule has 0 aliphatic carbocycles. The monoisotopic (exact) mass is 210 g/mol. The molecule has 0 aliphatic heterocycles. The molecular weight excluding hydrogens is 204 g/mol. The average molecular weight is 210 g/mol. The molecule has 3 N–H and O–H groups in total. The number of hydrogen-bond acceptors (Lipinski definition) is 5. The van der Waals surface area contributed by atoms with Gasteiger partial charge in [-0.3, -0.25) is 9.59 Å². The fourth-order valence-corrected chi connectivity index (χ4v) is 0.912. The number of carboxylic acids is 2. The van der Waals surface area contributed by atoms with Crippen LogP contribution in [0.15, 0.2) is 0 Å². The van der Waals surface area contributed by atoms with E-state index in [-0.39, 0.29) is 12.0 Å². The molecule has 0 aliphatic rings. The van der Waals surface area contributed by atoms with Crippen molar-refractivity contribution in [3.63, 3.8) is 0 Å². The first kappa shape index (κ1) is 11.6. The minimum atomic E-state index is -1.67. The van der Waals surface area contributed by atoms with Crippen molar-refractivity contribution in [3.05, 3.63) is 0 Å². The first-order valence-corrected chi connectivity index (χ1v) is 3.74. The highest BCUT2D eigenvalue weighted by Crippen LogP contribution is 2.16. The van der Waals surface area contributed by atoms with E-state index >= 15 is 0 Å². The molecular formula is C5H6O7S. The zero-order chi connectivity index (χ0) is 10.4. The zero-order valence-electron chi connectivity index (χ0n) is 6.17. The Labute approximate surface area is 76.5 Å². The van der Waals surface area contributed by atoms with E-state index in [9.17, 15) is 14.4 Å². The SMILES string of the molecule is O=C(O)CC(SOC(=O)O)C(=O)O. The Hall–Kier alpha value is -1.44. The Kier molecular flexibility index (Phi) is 4.67. The van der Waals surface area contributed by atoms with E-state index in [1.807, 2.05) is 0 Å². The van der Waals surface area contributed by atoms with Crippen molar-refractivity contribution in [1.29, 1.82) is 0 Å². The summed E-state index contributed by atoms with van der Waals surface area (Å²) in [5.74, 6) is -2.78. The van der Waals surface area contributed by atoms with Crippen molar-refractivity contribution in [2.75, 3.05) is 0 Å². The van der Waals surface area contributed by atoms with Crippen molar-refractivity contribution < 1.29 is 33.9 Å². The van der Waals surface area contributed by atoms with E-state index < -0.39 is 29.8 Å². The summed E-state index contributed by atoms with van der Waals surface area (Å²) in [6, 6.07) is 0. The second-order valence-corrected chi connectivity index (χ2v) is 2.80. The molecule has 7 nitrogen and oxygen atoms in total. The summed E-state index contributed by atoms with van der Waals surface area (Å²) in [6.07, 6.45) is -2.37. The lowest BCUT2D eigenvalue weighted by molar-refractivity contribution is -0.143. The van der Waals surface area contributed by atoms with Gasteiger partial charge in [0.15, 0.2) is 5.25 Å². The quantitative estimate of drug-likeness (QED) is 0.552. The Balaban J connectivity index is 4.02. The van der Waals surface area contributed by atoms with Crippen molar-refractivity contribution >= 4 is 30.1 Å². The van der Waals surface area contributed by atoms with Crippen LogP contribution < -0.4 is 0 Å². The van der Waals surface area contributed by atoms with Crippen LogP contribution >= 0.6 is 12.0 Å². The van der Waals surface area contributed by atoms with Gasteiger partial charge in [-0.25, -0.2) is 4.79 Å². The van der Waals surface area contributed by atoms with Gasteiger partial charge >= 0.3 is 18.1 Å². The van der Waals surface area contributed by atoms with Gasteiger partial charge < -0.3 is 19.5 Å². The second kappa shape index (κ2) is 5.25. The predicted octanol–water partition coefficient (Wildman–Crippen LogP) is 0.257. The first-order chi connectivity index (χ1) is 5.93. The van der Waals surface area contributed by atoms with E-state index in [0.717, 1.165) is 0 Å². The minimum absolute atomic E-state index is 0.0862. The molecule has 74 valence electrons. The normalized spacial score (nSPS) is 11.7. The Morgan fingerprint density at radius 2 is 1.77 bits per heavy atom. The molecule has 1 atom stereocenters. The third kappa shape index (κ3) is 5.79. The van der Waals surface area contributed by atoms with Gasteiger partial charge in [0, 0.05) is 0 Å². The summed E-state index contributed by atoms with van der Waals surface area (Å²) < 4.78 is 3.86. The third-order valence-corrected chi connectivity index (χ3v) is 1.71. The fourth-order valence-electron chi connectivity index (χ4n) is 0.420. The van der Waals surface area contributed by atoms with Crippen LogP contribution in [-0.4, -0.2) is 38.7 Å². The number of rotatable bonds is 5. The molecule has 0 aromatic carbocycles. The van der Waals surface area contributed by atoms with E-state index in [0.29, 0.717) is 0 Å². The molecule has 0 aromatic heterocycles. The molecule has 0 saturated carbocycles. The fraction of sp³-hybridized carbons (Fsp3) is 0.400. The standard InChI is InChI=1S/C5H6O7S/c6-3(7)1-2(4(8)9)13-12-5(10)11/h2H,1H2,(H,6,7)(H,8,9)(H,10,11). The highest BCUT2D eigenvalue weighted by Gasteiger charge is 2.24. The molecule has 0 bridgehead atoms. The maximum Gasteiger partial charge on any atom is 0.518 e. The van der Waals surface area contributed by atoms with Gasteiger partial charge in [0.25, 0.3) is 0 Å². The van der Waals surface area contributed by atoms with Crippen LogP contribution in [0, 0.1) is 0 Å². The maximum absolute atomic E-state index is 10.3. The van der Waals surface area contributed by atoms with Crippen LogP contribution in [0.5, 0.6) is 0 Å². The highest BCUT2D eigenvalue weighted by atomic mass is 32.2. The van der Waals surface area contributed by atoms with Crippen molar-refractivity contribution in [2.24, 2.45) is 0 Å². The topological polar surface area (TPSA) is 121 Å². The lowest BCUT2D eigenvalue weighted by Gasteiger charge is -2.05. The lowest BCUT2D eigenvalue weighted by atomic mass is 10.3. The summed E-state index contributed by atoms with van der Waals surface area (Å²) in [7, 11) is 0. The molecule has 0 amide bonds. The van der Waals surface area contributed by atoms with Crippen LogP contribution in [0.4, 0.5) is 4.79 Å². The van der Waals surface area contributed by atoms with Gasteiger partial charge in [0.1, 0.15) is 0 Å². The number of aliphatic carboxylic acids is 2. The minimum Gasteiger partial charge on any atom is -0.481 e. The molecule has 8 heteroatoms. The maximum atomic E-state index is 10.3. The van der Waals surface area contributed by atoms with Gasteiger partial charge in [-0.2, -0.15) is 0 Å². The Morgan fingerprint density at radius 1 is 1.23 bits per heavy atom. The third-order valence-electron chi connectivity index (χ3n) is 0.871. The summed E-state index contributed by atoms with van der Waals surface area (Å²) in [4.78, 5) is 30.2. The van der Waals surface area contributed by atoms with Crippen LogP contribution in [-0.2, 0) is 13.8 Å². The Morgan fingerprint density at radius 3 is 2.08 bits per heavy atom. The molecule has 0 spiro atoms. The molecule has 0 radical (unpaired) electrons. The van der Waals surface area contributed by atoms with E-state index in [4.69, 9.17) is 15.3 Å². The number of carbonyl (C=O) groups is 3. The van der Waals surface area contributed by atoms with Gasteiger partial charge in [-0.1, -0.05) is 0 Å². The van der Waals surface area contributed by atoms with Crippen LogP contribution in [0.1, 0.15) is 6.42 Å². The molecule has 0 saturated heterocycles. The van der Waals surface area contributed by atoms with E-state index in [1.54, 1.807) is 0 Å².